The molecule has 0 bridgehead atoms. The van der Waals surface area contributed by atoms with E-state index in [4.69, 9.17) is 15.6 Å². The van der Waals surface area contributed by atoms with Crippen molar-refractivity contribution in [2.24, 2.45) is 11.5 Å². The van der Waals surface area contributed by atoms with Crippen molar-refractivity contribution in [3.8, 4) is 0 Å². The number of rotatable bonds is 1. The van der Waals surface area contributed by atoms with E-state index < -0.39 is 12.9 Å². The largest absolute Gasteiger partial charge is 0.382 e. The van der Waals surface area contributed by atoms with E-state index in [1.807, 2.05) is 0 Å². The molecule has 1 heterocycles. The minimum atomic E-state index is -2.52. The monoisotopic (exact) mass is 146 g/mol. The second-order valence-corrected chi connectivity index (χ2v) is 1.70. The predicted octanol–water partition coefficient (Wildman–Crippen LogP) is -2.45. The van der Waals surface area contributed by atoms with Gasteiger partial charge >= 0.3 is 0 Å². The smallest absolute Gasteiger partial charge is 0.270 e. The molecule has 6 heteroatoms. The van der Waals surface area contributed by atoms with Gasteiger partial charge in [0.2, 0.25) is 0 Å². The SMILES string of the molecule is [2H]C([2H])([2H])N1NNC(N)=C1C(N)=O. The number of amides is 1. The van der Waals surface area contributed by atoms with Crippen molar-refractivity contribution in [2.75, 3.05) is 6.98 Å². The molecule has 0 aromatic carbocycles. The van der Waals surface area contributed by atoms with Gasteiger partial charge < -0.3 is 11.5 Å². The topological polar surface area (TPSA) is 96.4 Å². The van der Waals surface area contributed by atoms with Gasteiger partial charge in [-0.2, -0.15) is 0 Å². The van der Waals surface area contributed by atoms with Gasteiger partial charge in [-0.15, -0.1) is 5.53 Å². The number of likely N-dealkylation sites (N-methyl/N-ethyl adjacent to an activating group) is 1. The van der Waals surface area contributed by atoms with Crippen LogP contribution in [0, 0.1) is 0 Å². The van der Waals surface area contributed by atoms with Crippen molar-refractivity contribution >= 4 is 5.91 Å². The van der Waals surface area contributed by atoms with Gasteiger partial charge in [-0.3, -0.25) is 15.2 Å². The molecule has 0 aromatic rings. The van der Waals surface area contributed by atoms with Gasteiger partial charge in [0, 0.05) is 11.1 Å². The standard InChI is InChI=1S/C4H9N5O/c1-9-2(4(6)10)3(5)7-8-9/h7-8H,5H2,1H3,(H2,6,10)/i1D3. The maximum Gasteiger partial charge on any atom is 0.270 e. The molecule has 0 saturated heterocycles. The van der Waals surface area contributed by atoms with Crippen molar-refractivity contribution < 1.29 is 8.91 Å². The molecule has 1 rings (SSSR count). The average Bonchev–Trinajstić information content (AvgIpc) is 2.28. The summed E-state index contributed by atoms with van der Waals surface area (Å²) in [5, 5.41) is 0.602. The van der Waals surface area contributed by atoms with Gasteiger partial charge in [-0.05, 0) is 0 Å². The Morgan fingerprint density at radius 3 is 3.00 bits per heavy atom. The predicted molar refractivity (Wildman–Crippen MR) is 34.4 cm³/mol. The molecule has 0 aliphatic carbocycles. The maximum absolute atomic E-state index is 10.8. The maximum atomic E-state index is 10.8. The zero-order chi connectivity index (χ0) is 10.2. The molecule has 1 aliphatic heterocycles. The third kappa shape index (κ3) is 0.841. The lowest BCUT2D eigenvalue weighted by Crippen LogP contribution is -2.37. The number of carbonyl (C=O) groups excluding carboxylic acids is 1. The summed E-state index contributed by atoms with van der Waals surface area (Å²) in [6, 6.07) is 0. The van der Waals surface area contributed by atoms with E-state index in [2.05, 4.69) is 11.0 Å². The third-order valence-electron chi connectivity index (χ3n) is 1.01. The van der Waals surface area contributed by atoms with Crippen LogP contribution >= 0.6 is 0 Å². The molecule has 0 atom stereocenters. The second-order valence-electron chi connectivity index (χ2n) is 1.70. The highest BCUT2D eigenvalue weighted by Crippen LogP contribution is 2.02. The molecule has 1 amide bonds. The van der Waals surface area contributed by atoms with Crippen LogP contribution in [0.3, 0.4) is 0 Å². The average molecular weight is 146 g/mol. The van der Waals surface area contributed by atoms with Gasteiger partial charge in [0.1, 0.15) is 5.82 Å². The number of hydrazine groups is 2. The molecule has 0 spiro atoms. The minimum Gasteiger partial charge on any atom is -0.382 e. The lowest BCUT2D eigenvalue weighted by Gasteiger charge is -2.10. The Morgan fingerprint density at radius 2 is 2.60 bits per heavy atom. The molecule has 56 valence electrons. The van der Waals surface area contributed by atoms with Crippen LogP contribution in [0.2, 0.25) is 0 Å². The van der Waals surface area contributed by atoms with Crippen molar-refractivity contribution in [1.29, 1.82) is 0 Å². The third-order valence-corrected chi connectivity index (χ3v) is 1.01. The Bertz CT molecular complexity index is 271. The van der Waals surface area contributed by atoms with Crippen LogP contribution in [0.25, 0.3) is 0 Å². The molecule has 6 nitrogen and oxygen atoms in total. The number of hydrogen-bond acceptors (Lipinski definition) is 5. The summed E-state index contributed by atoms with van der Waals surface area (Å²) >= 11 is 0. The van der Waals surface area contributed by atoms with Crippen LogP contribution in [-0.2, 0) is 4.79 Å². The Kier molecular flexibility index (Phi) is 0.759. The quantitative estimate of drug-likeness (QED) is 0.329. The molecular formula is C4H9N5O. The van der Waals surface area contributed by atoms with Crippen LogP contribution in [0.1, 0.15) is 4.11 Å². The Labute approximate surface area is 62.0 Å². The fraction of sp³-hybridized carbons (Fsp3) is 0.250. The van der Waals surface area contributed by atoms with Gasteiger partial charge in [0.15, 0.2) is 5.70 Å². The zero-order valence-corrected chi connectivity index (χ0v) is 5.01. The first-order valence-corrected chi connectivity index (χ1v) is 2.45. The summed E-state index contributed by atoms with van der Waals surface area (Å²) in [6.45, 7) is -2.52. The number of carbonyl (C=O) groups is 1. The lowest BCUT2D eigenvalue weighted by atomic mass is 10.4. The first-order chi connectivity index (χ1) is 5.84. The highest BCUT2D eigenvalue weighted by molar-refractivity contribution is 5.92. The molecule has 0 fully saturated rings. The first-order valence-electron chi connectivity index (χ1n) is 3.95. The van der Waals surface area contributed by atoms with E-state index in [-0.39, 0.29) is 11.5 Å². The fourth-order valence-electron chi connectivity index (χ4n) is 0.595. The summed E-state index contributed by atoms with van der Waals surface area (Å²) in [7, 11) is 0. The summed E-state index contributed by atoms with van der Waals surface area (Å²) < 4.78 is 21.0. The number of primary amides is 1. The number of nitrogens with two attached hydrogens (primary N) is 2. The van der Waals surface area contributed by atoms with E-state index >= 15 is 0 Å². The normalized spacial score (nSPS) is 23.2. The van der Waals surface area contributed by atoms with Crippen molar-refractivity contribution in [3.63, 3.8) is 0 Å². The van der Waals surface area contributed by atoms with Crippen LogP contribution in [0.4, 0.5) is 0 Å². The molecule has 1 aliphatic rings. The van der Waals surface area contributed by atoms with Gasteiger partial charge in [0.25, 0.3) is 5.91 Å². The van der Waals surface area contributed by atoms with Crippen LogP contribution in [0.15, 0.2) is 11.5 Å². The van der Waals surface area contributed by atoms with E-state index in [0.29, 0.717) is 5.01 Å². The van der Waals surface area contributed by atoms with Gasteiger partial charge in [-0.1, -0.05) is 0 Å². The van der Waals surface area contributed by atoms with E-state index in [0.717, 1.165) is 0 Å². The highest BCUT2D eigenvalue weighted by atomic mass is 16.1. The Balaban J connectivity index is 2.99. The van der Waals surface area contributed by atoms with Crippen molar-refractivity contribution in [2.45, 2.75) is 0 Å². The summed E-state index contributed by atoms with van der Waals surface area (Å²) in [6.07, 6.45) is 0. The molecule has 0 radical (unpaired) electrons. The van der Waals surface area contributed by atoms with Gasteiger partial charge in [0.05, 0.1) is 0 Å². The van der Waals surface area contributed by atoms with Crippen LogP contribution < -0.4 is 22.4 Å². The second kappa shape index (κ2) is 2.07. The highest BCUT2D eigenvalue weighted by Gasteiger charge is 2.20. The molecule has 0 aromatic heterocycles. The number of hydrogen-bond donors (Lipinski definition) is 4. The van der Waals surface area contributed by atoms with Crippen LogP contribution in [-0.4, -0.2) is 17.9 Å². The van der Waals surface area contributed by atoms with Gasteiger partial charge in [-0.25, -0.2) is 0 Å². The number of nitrogens with one attached hydrogen (secondary N) is 2. The number of nitrogens with zero attached hydrogens (tertiary/aromatic N) is 1. The molecule has 6 N–H and O–H groups in total. The lowest BCUT2D eigenvalue weighted by molar-refractivity contribution is -0.116. The summed E-state index contributed by atoms with van der Waals surface area (Å²) in [5.41, 5.74) is 14.4. The minimum absolute atomic E-state index is 0.108. The Hall–Kier alpha value is -1.43. The summed E-state index contributed by atoms with van der Waals surface area (Å²) in [5.74, 6) is -1.02. The fourth-order valence-corrected chi connectivity index (χ4v) is 0.595. The zero-order valence-electron chi connectivity index (χ0n) is 8.01. The van der Waals surface area contributed by atoms with Crippen molar-refractivity contribution in [3.05, 3.63) is 11.5 Å². The molecular weight excluding hydrogens is 134 g/mol. The Morgan fingerprint density at radius 1 is 1.90 bits per heavy atom. The summed E-state index contributed by atoms with van der Waals surface area (Å²) in [4.78, 5) is 10.8. The van der Waals surface area contributed by atoms with Crippen LogP contribution in [0.5, 0.6) is 0 Å². The molecule has 0 saturated carbocycles. The van der Waals surface area contributed by atoms with E-state index in [1.54, 1.807) is 0 Å². The van der Waals surface area contributed by atoms with E-state index in [9.17, 15) is 4.79 Å². The first kappa shape index (κ1) is 3.67. The van der Waals surface area contributed by atoms with E-state index in [1.165, 1.54) is 0 Å². The van der Waals surface area contributed by atoms with Crippen molar-refractivity contribution in [1.82, 2.24) is 16.0 Å². The molecule has 10 heavy (non-hydrogen) atoms. The molecule has 0 unspecified atom stereocenters.